The fraction of sp³-hybridized carbons (Fsp3) is 0.333. The molecule has 1 aliphatic rings. The summed E-state index contributed by atoms with van der Waals surface area (Å²) in [7, 11) is 1.56. The molecule has 10 nitrogen and oxygen atoms in total. The number of rotatable bonds is 4. The van der Waals surface area contributed by atoms with Gasteiger partial charge in [0, 0.05) is 6.04 Å². The standard InChI is InChI=1S/C12H12N8O2/c1-18-8(6-13-12(18)20(21)22)11-16-15-10-5-4-9(17-19(10)11)14-7-2-3-7/h4-7H,2-3H2,1H3,(H,14,17). The Hall–Kier alpha value is -3.04. The van der Waals surface area contributed by atoms with E-state index in [1.165, 1.54) is 10.8 Å². The van der Waals surface area contributed by atoms with E-state index in [4.69, 9.17) is 0 Å². The van der Waals surface area contributed by atoms with E-state index < -0.39 is 4.92 Å². The average molecular weight is 300 g/mol. The molecule has 1 saturated carbocycles. The van der Waals surface area contributed by atoms with Crippen molar-refractivity contribution in [3.05, 3.63) is 28.4 Å². The van der Waals surface area contributed by atoms with E-state index in [1.807, 2.05) is 6.07 Å². The smallest absolute Gasteiger partial charge is 0.390 e. The van der Waals surface area contributed by atoms with Gasteiger partial charge in [0.1, 0.15) is 12.0 Å². The van der Waals surface area contributed by atoms with Crippen molar-refractivity contribution in [2.24, 2.45) is 7.05 Å². The molecule has 0 radical (unpaired) electrons. The maximum absolute atomic E-state index is 10.9. The van der Waals surface area contributed by atoms with Gasteiger partial charge in [0.25, 0.3) is 0 Å². The van der Waals surface area contributed by atoms with Gasteiger partial charge in [0.2, 0.25) is 5.82 Å². The fourth-order valence-electron chi connectivity index (χ4n) is 2.24. The lowest BCUT2D eigenvalue weighted by molar-refractivity contribution is -0.396. The molecule has 1 fully saturated rings. The Balaban J connectivity index is 1.82. The summed E-state index contributed by atoms with van der Waals surface area (Å²) in [5, 5.41) is 26.8. The first-order chi connectivity index (χ1) is 10.6. The van der Waals surface area contributed by atoms with Crippen molar-refractivity contribution < 1.29 is 4.92 Å². The van der Waals surface area contributed by atoms with Crippen LogP contribution >= 0.6 is 0 Å². The van der Waals surface area contributed by atoms with Gasteiger partial charge in [-0.15, -0.1) is 15.3 Å². The SMILES string of the molecule is Cn1c(-c2nnc3ccc(NC4CC4)nn23)cnc1[N+](=O)[O-]. The lowest BCUT2D eigenvalue weighted by Crippen LogP contribution is -2.07. The van der Waals surface area contributed by atoms with E-state index in [1.54, 1.807) is 17.6 Å². The van der Waals surface area contributed by atoms with Crippen LogP contribution in [0.25, 0.3) is 17.2 Å². The largest absolute Gasteiger partial charge is 0.434 e. The Kier molecular flexibility index (Phi) is 2.58. The zero-order chi connectivity index (χ0) is 15.3. The van der Waals surface area contributed by atoms with Gasteiger partial charge in [-0.25, -0.2) is 4.57 Å². The van der Waals surface area contributed by atoms with Crippen molar-refractivity contribution in [2.45, 2.75) is 18.9 Å². The molecule has 4 rings (SSSR count). The lowest BCUT2D eigenvalue weighted by atomic mass is 10.4. The Labute approximate surface area is 123 Å². The number of hydrogen-bond donors (Lipinski definition) is 1. The summed E-state index contributed by atoms with van der Waals surface area (Å²) < 4.78 is 2.92. The van der Waals surface area contributed by atoms with Gasteiger partial charge in [0.15, 0.2) is 11.3 Å². The highest BCUT2D eigenvalue weighted by molar-refractivity contribution is 5.57. The van der Waals surface area contributed by atoms with Crippen LogP contribution in [0.1, 0.15) is 12.8 Å². The first kappa shape index (κ1) is 12.7. The highest BCUT2D eigenvalue weighted by Gasteiger charge is 2.24. The molecule has 112 valence electrons. The van der Waals surface area contributed by atoms with Gasteiger partial charge in [-0.2, -0.15) is 4.52 Å². The molecule has 0 aliphatic heterocycles. The monoisotopic (exact) mass is 300 g/mol. The Morgan fingerprint density at radius 3 is 2.86 bits per heavy atom. The molecule has 22 heavy (non-hydrogen) atoms. The Bertz CT molecular complexity index is 879. The molecule has 3 aromatic rings. The van der Waals surface area contributed by atoms with Crippen molar-refractivity contribution in [2.75, 3.05) is 5.32 Å². The van der Waals surface area contributed by atoms with E-state index in [9.17, 15) is 10.1 Å². The van der Waals surface area contributed by atoms with Crippen molar-refractivity contribution >= 4 is 17.4 Å². The number of imidazole rings is 1. The molecular weight excluding hydrogens is 288 g/mol. The third kappa shape index (κ3) is 1.96. The predicted octanol–water partition coefficient (Wildman–Crippen LogP) is 1.01. The molecular formula is C12H12N8O2. The lowest BCUT2D eigenvalue weighted by Gasteiger charge is -2.04. The van der Waals surface area contributed by atoms with Gasteiger partial charge >= 0.3 is 5.95 Å². The molecule has 0 amide bonds. The van der Waals surface area contributed by atoms with Crippen LogP contribution in [0.2, 0.25) is 0 Å². The third-order valence-electron chi connectivity index (χ3n) is 3.55. The number of nitrogens with zero attached hydrogens (tertiary/aromatic N) is 7. The minimum Gasteiger partial charge on any atom is -0.390 e. The quantitative estimate of drug-likeness (QED) is 0.564. The van der Waals surface area contributed by atoms with Gasteiger partial charge in [0.05, 0.1) is 7.05 Å². The van der Waals surface area contributed by atoms with Crippen LogP contribution in [0, 0.1) is 10.1 Å². The first-order valence-electron chi connectivity index (χ1n) is 6.79. The van der Waals surface area contributed by atoms with Gasteiger partial charge < -0.3 is 15.4 Å². The van der Waals surface area contributed by atoms with E-state index in [0.717, 1.165) is 18.7 Å². The van der Waals surface area contributed by atoms with Crippen LogP contribution in [0.15, 0.2) is 18.3 Å². The summed E-state index contributed by atoms with van der Waals surface area (Å²) >= 11 is 0. The molecule has 0 aromatic carbocycles. The van der Waals surface area contributed by atoms with E-state index in [-0.39, 0.29) is 5.95 Å². The van der Waals surface area contributed by atoms with Crippen LogP contribution in [0.5, 0.6) is 0 Å². The topological polar surface area (TPSA) is 116 Å². The predicted molar refractivity (Wildman–Crippen MR) is 76.3 cm³/mol. The van der Waals surface area contributed by atoms with Gasteiger partial charge in [-0.3, -0.25) is 0 Å². The maximum Gasteiger partial charge on any atom is 0.434 e. The summed E-state index contributed by atoms with van der Waals surface area (Å²) in [6, 6.07) is 4.12. The minimum absolute atomic E-state index is 0.251. The van der Waals surface area contributed by atoms with Crippen LogP contribution in [0.4, 0.5) is 11.8 Å². The molecule has 0 unspecified atom stereocenters. The first-order valence-corrected chi connectivity index (χ1v) is 6.79. The number of anilines is 1. The number of aromatic nitrogens is 6. The second-order valence-electron chi connectivity index (χ2n) is 5.19. The average Bonchev–Trinajstić information content (AvgIpc) is 3.07. The van der Waals surface area contributed by atoms with E-state index in [0.29, 0.717) is 23.2 Å². The van der Waals surface area contributed by atoms with Crippen LogP contribution in [0.3, 0.4) is 0 Å². The number of hydrogen-bond acceptors (Lipinski definition) is 7. The van der Waals surface area contributed by atoms with Crippen molar-refractivity contribution in [3.8, 4) is 11.5 Å². The Morgan fingerprint density at radius 1 is 1.36 bits per heavy atom. The van der Waals surface area contributed by atoms with Gasteiger partial charge in [-0.05, 0) is 29.9 Å². The van der Waals surface area contributed by atoms with Crippen LogP contribution in [-0.4, -0.2) is 40.3 Å². The number of nitro groups is 1. The summed E-state index contributed by atoms with van der Waals surface area (Å²) in [4.78, 5) is 14.2. The van der Waals surface area contributed by atoms with Crippen molar-refractivity contribution in [1.82, 2.24) is 29.4 Å². The second kappa shape index (κ2) is 4.48. The molecule has 0 atom stereocenters. The molecule has 1 N–H and O–H groups in total. The Morgan fingerprint density at radius 2 is 2.18 bits per heavy atom. The molecule has 1 aliphatic carbocycles. The van der Waals surface area contributed by atoms with E-state index >= 15 is 0 Å². The number of fused-ring (bicyclic) bond motifs is 1. The molecule has 3 aromatic heterocycles. The minimum atomic E-state index is -0.541. The summed E-state index contributed by atoms with van der Waals surface area (Å²) in [5.41, 5.74) is 1.05. The fourth-order valence-corrected chi connectivity index (χ4v) is 2.24. The zero-order valence-corrected chi connectivity index (χ0v) is 11.7. The number of nitrogens with one attached hydrogen (secondary N) is 1. The van der Waals surface area contributed by atoms with E-state index in [2.05, 4.69) is 25.6 Å². The highest BCUT2D eigenvalue weighted by Crippen LogP contribution is 2.25. The summed E-state index contributed by atoms with van der Waals surface area (Å²) in [6.07, 6.45) is 3.68. The van der Waals surface area contributed by atoms with Crippen molar-refractivity contribution in [3.63, 3.8) is 0 Å². The van der Waals surface area contributed by atoms with Crippen LogP contribution < -0.4 is 5.32 Å². The second-order valence-corrected chi connectivity index (χ2v) is 5.19. The van der Waals surface area contributed by atoms with Crippen molar-refractivity contribution in [1.29, 1.82) is 0 Å². The van der Waals surface area contributed by atoms with Gasteiger partial charge in [-0.1, -0.05) is 4.98 Å². The third-order valence-corrected chi connectivity index (χ3v) is 3.55. The summed E-state index contributed by atoms with van der Waals surface area (Å²) in [5.74, 6) is 0.893. The maximum atomic E-state index is 10.9. The molecule has 0 saturated heterocycles. The zero-order valence-electron chi connectivity index (χ0n) is 11.7. The normalized spacial score (nSPS) is 14.4. The summed E-state index contributed by atoms with van der Waals surface area (Å²) in [6.45, 7) is 0. The molecule has 3 heterocycles. The molecule has 0 bridgehead atoms. The molecule has 0 spiro atoms. The van der Waals surface area contributed by atoms with Crippen LogP contribution in [-0.2, 0) is 7.05 Å². The highest BCUT2D eigenvalue weighted by atomic mass is 16.6. The molecule has 10 heteroatoms.